The minimum Gasteiger partial charge on any atom is -0.481 e. The number of carboxylic acids is 1. The van der Waals surface area contributed by atoms with E-state index in [0.717, 1.165) is 5.56 Å². The lowest BCUT2D eigenvalue weighted by atomic mass is 10.2. The molecule has 0 aliphatic heterocycles. The first kappa shape index (κ1) is 13.5. The van der Waals surface area contributed by atoms with E-state index in [9.17, 15) is 9.59 Å². The van der Waals surface area contributed by atoms with E-state index < -0.39 is 5.97 Å². The third kappa shape index (κ3) is 5.35. The maximum absolute atomic E-state index is 11.4. The van der Waals surface area contributed by atoms with Crippen molar-refractivity contribution < 1.29 is 14.7 Å². The fourth-order valence-electron chi connectivity index (χ4n) is 1.29. The molecule has 1 unspecified atom stereocenters. The van der Waals surface area contributed by atoms with Gasteiger partial charge in [-0.1, -0.05) is 0 Å². The second kappa shape index (κ2) is 6.90. The van der Waals surface area contributed by atoms with E-state index in [1.807, 2.05) is 23.8 Å². The molecule has 17 heavy (non-hydrogen) atoms. The molecular weight excluding hydrogens is 240 g/mol. The molecule has 0 aromatic carbocycles. The zero-order chi connectivity index (χ0) is 12.7. The Morgan fingerprint density at radius 2 is 2.29 bits per heavy atom. The van der Waals surface area contributed by atoms with Gasteiger partial charge in [-0.05, 0) is 35.7 Å². The number of hydrogen-bond acceptors (Lipinski definition) is 3. The van der Waals surface area contributed by atoms with Crippen LogP contribution in [0.25, 0.3) is 0 Å². The quantitative estimate of drug-likeness (QED) is 0.681. The molecule has 1 aromatic rings. The number of hydrogen-bond donors (Lipinski definition) is 3. The lowest BCUT2D eigenvalue weighted by Crippen LogP contribution is -2.37. The normalized spacial score (nSPS) is 11.8. The Hall–Kier alpha value is -1.56. The van der Waals surface area contributed by atoms with Gasteiger partial charge in [-0.25, -0.2) is 4.79 Å². The van der Waals surface area contributed by atoms with Crippen molar-refractivity contribution in [1.29, 1.82) is 0 Å². The molecule has 1 rings (SSSR count). The Morgan fingerprint density at radius 3 is 2.88 bits per heavy atom. The molecule has 3 N–H and O–H groups in total. The van der Waals surface area contributed by atoms with Gasteiger partial charge in [0.2, 0.25) is 0 Å². The predicted molar refractivity (Wildman–Crippen MR) is 66.1 cm³/mol. The Labute approximate surface area is 104 Å². The summed E-state index contributed by atoms with van der Waals surface area (Å²) in [6.45, 7) is 2.27. The highest BCUT2D eigenvalue weighted by molar-refractivity contribution is 7.07. The Morgan fingerprint density at radius 1 is 1.53 bits per heavy atom. The average molecular weight is 256 g/mol. The van der Waals surface area contributed by atoms with E-state index in [2.05, 4.69) is 10.6 Å². The van der Waals surface area contributed by atoms with Gasteiger partial charge in [-0.2, -0.15) is 11.3 Å². The number of rotatable bonds is 6. The standard InChI is InChI=1S/C11H16N2O3S/c1-8(9-4-6-17-7-9)13-11(16)12-5-2-3-10(14)15/h4,6-8H,2-3,5H2,1H3,(H,14,15)(H2,12,13,16). The van der Waals surface area contributed by atoms with E-state index in [4.69, 9.17) is 5.11 Å². The summed E-state index contributed by atoms with van der Waals surface area (Å²) in [6.07, 6.45) is 0.510. The largest absolute Gasteiger partial charge is 0.481 e. The van der Waals surface area contributed by atoms with Gasteiger partial charge >= 0.3 is 12.0 Å². The minimum atomic E-state index is -0.848. The van der Waals surface area contributed by atoms with Gasteiger partial charge in [-0.3, -0.25) is 4.79 Å². The highest BCUT2D eigenvalue weighted by Crippen LogP contribution is 2.14. The van der Waals surface area contributed by atoms with Crippen LogP contribution >= 0.6 is 11.3 Å². The van der Waals surface area contributed by atoms with Crippen LogP contribution in [0.4, 0.5) is 4.79 Å². The summed E-state index contributed by atoms with van der Waals surface area (Å²) in [4.78, 5) is 21.7. The number of carbonyl (C=O) groups excluding carboxylic acids is 1. The second-order valence-corrected chi connectivity index (χ2v) is 4.46. The van der Waals surface area contributed by atoms with Crippen LogP contribution < -0.4 is 10.6 Å². The SMILES string of the molecule is CC(NC(=O)NCCCC(=O)O)c1ccsc1. The van der Waals surface area contributed by atoms with Crippen molar-refractivity contribution in [3.05, 3.63) is 22.4 Å². The molecule has 5 nitrogen and oxygen atoms in total. The molecule has 1 atom stereocenters. The van der Waals surface area contributed by atoms with Crippen LogP contribution in [-0.4, -0.2) is 23.7 Å². The molecule has 0 aliphatic carbocycles. The molecule has 0 spiro atoms. The number of carbonyl (C=O) groups is 2. The van der Waals surface area contributed by atoms with E-state index >= 15 is 0 Å². The van der Waals surface area contributed by atoms with Gasteiger partial charge in [0.25, 0.3) is 0 Å². The summed E-state index contributed by atoms with van der Waals surface area (Å²) in [7, 11) is 0. The molecule has 0 fully saturated rings. The summed E-state index contributed by atoms with van der Waals surface area (Å²) in [5.74, 6) is -0.848. The van der Waals surface area contributed by atoms with Crippen LogP contribution in [0.1, 0.15) is 31.4 Å². The Bertz CT molecular complexity index is 365. The lowest BCUT2D eigenvalue weighted by molar-refractivity contribution is -0.137. The van der Waals surface area contributed by atoms with Crippen molar-refractivity contribution in [3.8, 4) is 0 Å². The van der Waals surface area contributed by atoms with Crippen LogP contribution in [0.3, 0.4) is 0 Å². The molecule has 0 saturated carbocycles. The zero-order valence-corrected chi connectivity index (χ0v) is 10.4. The second-order valence-electron chi connectivity index (χ2n) is 3.68. The predicted octanol–water partition coefficient (Wildman–Crippen LogP) is 1.97. The average Bonchev–Trinajstić information content (AvgIpc) is 2.77. The smallest absolute Gasteiger partial charge is 0.315 e. The third-order valence-electron chi connectivity index (χ3n) is 2.24. The first-order valence-electron chi connectivity index (χ1n) is 5.38. The summed E-state index contributed by atoms with van der Waals surface area (Å²) in [6, 6.07) is 1.65. The lowest BCUT2D eigenvalue weighted by Gasteiger charge is -2.13. The molecule has 0 radical (unpaired) electrons. The molecule has 0 aliphatic rings. The van der Waals surface area contributed by atoms with Gasteiger partial charge in [-0.15, -0.1) is 0 Å². The molecule has 6 heteroatoms. The number of carboxylic acid groups (broad SMARTS) is 1. The topological polar surface area (TPSA) is 78.4 Å². The van der Waals surface area contributed by atoms with E-state index in [1.165, 1.54) is 0 Å². The van der Waals surface area contributed by atoms with Crippen molar-refractivity contribution >= 4 is 23.3 Å². The van der Waals surface area contributed by atoms with Crippen molar-refractivity contribution in [3.63, 3.8) is 0 Å². The molecular formula is C11H16N2O3S. The number of amides is 2. The number of urea groups is 1. The molecule has 1 aromatic heterocycles. The number of thiophene rings is 1. The molecule has 94 valence electrons. The fourth-order valence-corrected chi connectivity index (χ4v) is 2.05. The van der Waals surface area contributed by atoms with E-state index in [1.54, 1.807) is 11.3 Å². The number of nitrogens with one attached hydrogen (secondary N) is 2. The van der Waals surface area contributed by atoms with Crippen molar-refractivity contribution in [1.82, 2.24) is 10.6 Å². The Balaban J connectivity index is 2.19. The molecule has 1 heterocycles. The maximum Gasteiger partial charge on any atom is 0.315 e. The third-order valence-corrected chi connectivity index (χ3v) is 2.95. The van der Waals surface area contributed by atoms with Crippen molar-refractivity contribution in [2.24, 2.45) is 0 Å². The minimum absolute atomic E-state index is 0.0410. The van der Waals surface area contributed by atoms with Crippen LogP contribution in [-0.2, 0) is 4.79 Å². The van der Waals surface area contributed by atoms with Gasteiger partial charge < -0.3 is 15.7 Å². The maximum atomic E-state index is 11.4. The van der Waals surface area contributed by atoms with Crippen LogP contribution in [0.15, 0.2) is 16.8 Å². The van der Waals surface area contributed by atoms with Gasteiger partial charge in [0.05, 0.1) is 6.04 Å². The summed E-state index contributed by atoms with van der Waals surface area (Å²) in [5.41, 5.74) is 1.07. The monoisotopic (exact) mass is 256 g/mol. The highest BCUT2D eigenvalue weighted by Gasteiger charge is 2.08. The zero-order valence-electron chi connectivity index (χ0n) is 9.60. The number of aliphatic carboxylic acids is 1. The van der Waals surface area contributed by atoms with Gasteiger partial charge in [0.1, 0.15) is 0 Å². The van der Waals surface area contributed by atoms with E-state index in [0.29, 0.717) is 13.0 Å². The molecule has 0 bridgehead atoms. The van der Waals surface area contributed by atoms with Crippen LogP contribution in [0, 0.1) is 0 Å². The summed E-state index contributed by atoms with van der Waals surface area (Å²) < 4.78 is 0. The van der Waals surface area contributed by atoms with Crippen LogP contribution in [0.5, 0.6) is 0 Å². The molecule has 0 saturated heterocycles. The van der Waals surface area contributed by atoms with E-state index in [-0.39, 0.29) is 18.5 Å². The van der Waals surface area contributed by atoms with Crippen molar-refractivity contribution in [2.45, 2.75) is 25.8 Å². The van der Waals surface area contributed by atoms with Gasteiger partial charge in [0.15, 0.2) is 0 Å². The van der Waals surface area contributed by atoms with Gasteiger partial charge in [0, 0.05) is 13.0 Å². The summed E-state index contributed by atoms with van der Waals surface area (Å²) in [5, 5.41) is 17.8. The van der Waals surface area contributed by atoms with Crippen LogP contribution in [0.2, 0.25) is 0 Å². The first-order valence-corrected chi connectivity index (χ1v) is 6.32. The van der Waals surface area contributed by atoms with Crippen molar-refractivity contribution in [2.75, 3.05) is 6.54 Å². The first-order chi connectivity index (χ1) is 8.09. The fraction of sp³-hybridized carbons (Fsp3) is 0.455. The Kier molecular flexibility index (Phi) is 5.48. The summed E-state index contributed by atoms with van der Waals surface area (Å²) >= 11 is 1.58. The molecule has 2 amide bonds. The highest BCUT2D eigenvalue weighted by atomic mass is 32.1.